The summed E-state index contributed by atoms with van der Waals surface area (Å²) in [6.45, 7) is 2.39. The van der Waals surface area contributed by atoms with Crippen molar-refractivity contribution in [1.29, 1.82) is 0 Å². The predicted octanol–water partition coefficient (Wildman–Crippen LogP) is -0.710. The van der Waals surface area contributed by atoms with E-state index in [1.807, 2.05) is 9.97 Å². The summed E-state index contributed by atoms with van der Waals surface area (Å²) in [5.74, 6) is -0.627. The van der Waals surface area contributed by atoms with Crippen LogP contribution in [0.4, 0.5) is 64.3 Å². The summed E-state index contributed by atoms with van der Waals surface area (Å²) in [6, 6.07) is 6.97. The summed E-state index contributed by atoms with van der Waals surface area (Å²) in [5.41, 5.74) is -8.10. The molecule has 7 aliphatic heterocycles. The SMILES string of the molecule is CC[C@@]1(C(F)F)O[C@@H](n2ccc(=O)[nH]c2=O)C[C@@H]1C.CC[C@@]1(C(F)F)O[C@@H](n2ccc(N)nc2=O)C[C@@H]1C.Nc1ccn([C@H]2C[C@H](O)[C@](CO)(C(F)F)O2)c(=O)n1.O=c1ccn([C@@H]2O[C@@](CO)(C(F)F)[C@@H](O)[C@H]2Br)c(=O)[nH]1.O=c1ccn([C@H]2C[C@H](O)[C@](CO)(C(F)F)O2)c(=O)[nH]1.O=c1ccn2c(n1)O[C@@H]1[C@H]2O[C@@](CO)(C(F)F)[C@H]1O. The Morgan fingerprint density at radius 3 is 1.09 bits per heavy atom. The third-order valence-electron chi connectivity index (χ3n) is 20.4. The van der Waals surface area contributed by atoms with Gasteiger partial charge in [-0.25, -0.2) is 76.7 Å². The molecule has 0 aliphatic carbocycles. The molecule has 0 spiro atoms. The van der Waals surface area contributed by atoms with Crippen molar-refractivity contribution in [1.82, 2.24) is 57.3 Å². The van der Waals surface area contributed by atoms with Crippen molar-refractivity contribution >= 4 is 27.6 Å². The molecule has 51 heteroatoms. The molecule has 38 nitrogen and oxygen atoms in total. The standard InChI is InChI=1S/C12H17F2N3O2.C12H16F2N2O3.C10H11BrF2N2O5.C10H13F2N3O4.C10H10F2N2O5.C10H12F2N2O5/c1-3-12(10(13)14)7(2)6-9(19-12)17-5-4-8(15)16-11(17)18;1-3-12(10(13)14)7(2)6-9(19-12)16-5-4-8(17)15-11(16)18;11-5-6(18)10(3-16,8(12)13)20-7(5)15-2-1-4(17)14-9(15)19;11-8(12)10(4-16)5(17)3-7(19-10)15-2-1-6(13)14-9(15)18;11-8(12)10(3-15)6(17)5-7(19-10)14-2-1-4(16)13-9(14)18-5;11-8(12)10(4-15)5(16)3-7(19-10)14-2-1-6(17)13-9(14)18/h4-5,7,9-10H,3,6H2,1-2H3,(H2,15,16,18);4-5,7,9-10H,3,6H2,1-2H3,(H,15,17,18);1-2,5-8,16,18H,3H2,(H,14,17,19);1-2,5,7-8,16-17H,3-4H2,(H2,13,14,18);1-2,5-8,15,17H,3H2;1-2,5,7-8,15-16H,3-4H2,(H,13,17,18)/t2*7-,9+,12+;5-,6+,7-,10-;5-,7+,10+;5-,6-,7+,10+;5-,7+,10+/m001000/s1. The van der Waals surface area contributed by atoms with Crippen molar-refractivity contribution in [3.05, 3.63) is 167 Å². The van der Waals surface area contributed by atoms with E-state index in [1.165, 1.54) is 52.1 Å². The van der Waals surface area contributed by atoms with Crippen LogP contribution in [0, 0.1) is 11.8 Å². The van der Waals surface area contributed by atoms with Crippen LogP contribution in [0.15, 0.2) is 117 Å². The zero-order valence-electron chi connectivity index (χ0n) is 60.2. The first-order chi connectivity index (χ1) is 53.9. The molecule has 13 rings (SSSR count). The van der Waals surface area contributed by atoms with Gasteiger partial charge in [0.15, 0.2) is 41.0 Å². The highest BCUT2D eigenvalue weighted by Crippen LogP contribution is 2.50. The number of aliphatic hydroxyl groups excluding tert-OH is 8. The number of halogens is 13. The number of rotatable bonds is 17. The van der Waals surface area contributed by atoms with Gasteiger partial charge >= 0.3 is 34.5 Å². The van der Waals surface area contributed by atoms with E-state index in [-0.39, 0.29) is 55.2 Å². The molecule has 115 heavy (non-hydrogen) atoms. The number of anilines is 2. The normalized spacial score (nSPS) is 32.3. The largest absolute Gasteiger partial charge is 0.453 e. The summed E-state index contributed by atoms with van der Waals surface area (Å²) in [6.07, 6.45) is -23.8. The number of aromatic amines is 3. The molecule has 7 aliphatic rings. The van der Waals surface area contributed by atoms with E-state index in [0.717, 1.165) is 48.9 Å². The molecule has 640 valence electrons. The second kappa shape index (κ2) is 36.8. The Balaban J connectivity index is 0.000000173. The van der Waals surface area contributed by atoms with E-state index >= 15 is 0 Å². The molecule has 0 aromatic carbocycles. The van der Waals surface area contributed by atoms with E-state index in [2.05, 4.69) is 35.9 Å². The van der Waals surface area contributed by atoms with Crippen molar-refractivity contribution in [2.24, 2.45) is 11.8 Å². The van der Waals surface area contributed by atoms with Crippen molar-refractivity contribution in [2.75, 3.05) is 37.9 Å². The van der Waals surface area contributed by atoms with Gasteiger partial charge in [0.25, 0.3) is 60.8 Å². The Morgan fingerprint density at radius 2 is 0.757 bits per heavy atom. The number of fused-ring (bicyclic) bond motifs is 3. The van der Waals surface area contributed by atoms with Gasteiger partial charge in [-0.2, -0.15) is 15.0 Å². The molecule has 6 fully saturated rings. The third kappa shape index (κ3) is 18.0. The number of aliphatic hydroxyl groups is 8. The lowest BCUT2D eigenvalue weighted by Crippen LogP contribution is -2.53. The van der Waals surface area contributed by atoms with Crippen LogP contribution in [-0.4, -0.2) is 232 Å². The van der Waals surface area contributed by atoms with Crippen LogP contribution >= 0.6 is 15.9 Å². The summed E-state index contributed by atoms with van der Waals surface area (Å²) in [4.78, 5) is 117. The van der Waals surface area contributed by atoms with Gasteiger partial charge in [0, 0.05) is 74.3 Å². The minimum Gasteiger partial charge on any atom is -0.453 e. The molecule has 0 saturated carbocycles. The Bertz CT molecular complexity index is 4700. The zero-order valence-corrected chi connectivity index (χ0v) is 61.8. The number of nitrogen functional groups attached to an aromatic ring is 2. The number of nitrogens with two attached hydrogens (primary N) is 2. The van der Waals surface area contributed by atoms with Crippen molar-refractivity contribution in [3.8, 4) is 6.01 Å². The average molecular weight is 1740 g/mol. The van der Waals surface area contributed by atoms with Gasteiger partial charge in [-0.1, -0.05) is 43.6 Å². The van der Waals surface area contributed by atoms with E-state index < -0.39 is 222 Å². The highest BCUT2D eigenvalue weighted by molar-refractivity contribution is 9.09. The van der Waals surface area contributed by atoms with Gasteiger partial charge in [-0.05, 0) is 49.7 Å². The Hall–Kier alpha value is -8.84. The molecule has 0 radical (unpaired) electrons. The quantitative estimate of drug-likeness (QED) is 0.0396. The summed E-state index contributed by atoms with van der Waals surface area (Å²) in [7, 11) is 0. The Morgan fingerprint density at radius 1 is 0.435 bits per heavy atom. The van der Waals surface area contributed by atoms with E-state index in [0.29, 0.717) is 12.8 Å². The first-order valence-corrected chi connectivity index (χ1v) is 35.3. The average Bonchev–Trinajstić information content (AvgIpc) is 1.58. The first kappa shape index (κ1) is 91.7. The van der Waals surface area contributed by atoms with Crippen LogP contribution in [0.3, 0.4) is 0 Å². The van der Waals surface area contributed by atoms with Gasteiger partial charge < -0.3 is 85.5 Å². The number of aromatic nitrogens is 12. The van der Waals surface area contributed by atoms with E-state index in [1.54, 1.807) is 27.7 Å². The molecule has 20 atom stereocenters. The van der Waals surface area contributed by atoms with E-state index in [4.69, 9.17) is 65.1 Å². The maximum Gasteiger partial charge on any atom is 0.351 e. The predicted molar refractivity (Wildman–Crippen MR) is 368 cm³/mol. The van der Waals surface area contributed by atoms with Crippen LogP contribution in [-0.2, 0) is 28.4 Å². The fraction of sp³-hybridized carbons (Fsp3) is 0.625. The number of H-pyrrole nitrogens is 3. The molecule has 6 aromatic heterocycles. The van der Waals surface area contributed by atoms with Gasteiger partial charge in [0.2, 0.25) is 0 Å². The maximum absolute atomic E-state index is 13.3. The highest BCUT2D eigenvalue weighted by atomic mass is 79.9. The fourth-order valence-electron chi connectivity index (χ4n) is 13.5. The first-order valence-electron chi connectivity index (χ1n) is 34.4. The molecule has 6 saturated heterocycles. The molecule has 0 unspecified atom stereocenters. The number of hydrogen-bond acceptors (Lipinski definition) is 29. The van der Waals surface area contributed by atoms with Crippen LogP contribution in [0.25, 0.3) is 0 Å². The number of hydrogen-bond donors (Lipinski definition) is 13. The molecule has 0 bridgehead atoms. The summed E-state index contributed by atoms with van der Waals surface area (Å²) >= 11 is 2.97. The lowest BCUT2D eigenvalue weighted by molar-refractivity contribution is -0.196. The van der Waals surface area contributed by atoms with Gasteiger partial charge in [0.1, 0.15) is 60.0 Å². The number of nitrogens with one attached hydrogen (secondary N) is 3. The minimum absolute atomic E-state index is 0.0120. The van der Waals surface area contributed by atoms with Crippen LogP contribution < -0.4 is 66.9 Å². The lowest BCUT2D eigenvalue weighted by atomic mass is 9.87. The molecule has 13 heterocycles. The van der Waals surface area contributed by atoms with Crippen LogP contribution in [0.2, 0.25) is 0 Å². The minimum atomic E-state index is -3.16. The van der Waals surface area contributed by atoms with Gasteiger partial charge in [-0.3, -0.25) is 61.5 Å². The maximum atomic E-state index is 13.3. The van der Waals surface area contributed by atoms with Gasteiger partial charge in [0.05, 0.1) is 43.5 Å². The smallest absolute Gasteiger partial charge is 0.351 e. The topological polar surface area (TPSA) is 548 Å². The van der Waals surface area contributed by atoms with Crippen molar-refractivity contribution in [2.45, 2.75) is 211 Å². The Labute approximate surface area is 643 Å². The zero-order chi connectivity index (χ0) is 85.7. The fourth-order valence-corrected chi connectivity index (χ4v) is 14.3. The van der Waals surface area contributed by atoms with Crippen LogP contribution in [0.1, 0.15) is 104 Å². The monoisotopic (exact) mass is 1730 g/mol. The second-order valence-corrected chi connectivity index (χ2v) is 28.0. The Kier molecular flexibility index (Phi) is 29.3. The number of ether oxygens (including phenoxy) is 7. The summed E-state index contributed by atoms with van der Waals surface area (Å²) < 4.78 is 199. The molecule has 15 N–H and O–H groups in total. The molecular weight excluding hydrogens is 1660 g/mol. The molecule has 6 aromatic rings. The lowest BCUT2D eigenvalue weighted by Gasteiger charge is -2.31. The number of nitrogens with zero attached hydrogens (tertiary/aromatic N) is 9. The van der Waals surface area contributed by atoms with E-state index in [9.17, 15) is 116 Å². The highest BCUT2D eigenvalue weighted by Gasteiger charge is 2.65. The molecule has 0 amide bonds. The van der Waals surface area contributed by atoms with Gasteiger partial charge in [-0.15, -0.1) is 0 Å². The van der Waals surface area contributed by atoms with Crippen LogP contribution in [0.5, 0.6) is 6.01 Å². The second-order valence-electron chi connectivity index (χ2n) is 27.0. The third-order valence-corrected chi connectivity index (χ3v) is 21.4. The number of alkyl halides is 13. The van der Waals surface area contributed by atoms with Crippen molar-refractivity contribution < 1.29 is 127 Å². The van der Waals surface area contributed by atoms with Crippen molar-refractivity contribution in [3.63, 3.8) is 0 Å². The molecular formula is C64H79BrF12N14O24. The summed E-state index contributed by atoms with van der Waals surface area (Å²) in [5, 5.41) is 75.4.